The fourth-order valence-corrected chi connectivity index (χ4v) is 3.39. The molecule has 1 fully saturated rings. The van der Waals surface area contributed by atoms with Gasteiger partial charge in [-0.15, -0.1) is 0 Å². The number of hydrogen-bond acceptors (Lipinski definition) is 4. The normalized spacial score (nSPS) is 17.6. The molecule has 0 saturated heterocycles. The topological polar surface area (TPSA) is 95.5 Å². The highest BCUT2D eigenvalue weighted by molar-refractivity contribution is 7.89. The first-order chi connectivity index (χ1) is 9.89. The molecule has 0 radical (unpaired) electrons. The van der Waals surface area contributed by atoms with Crippen LogP contribution in [-0.4, -0.2) is 33.1 Å². The molecule has 0 bridgehead atoms. The van der Waals surface area contributed by atoms with Crippen LogP contribution in [0.2, 0.25) is 0 Å². The predicted molar refractivity (Wildman–Crippen MR) is 79.7 cm³/mol. The van der Waals surface area contributed by atoms with Crippen molar-refractivity contribution in [3.05, 3.63) is 24.3 Å². The molecule has 0 heterocycles. The number of anilines is 1. The van der Waals surface area contributed by atoms with Gasteiger partial charge < -0.3 is 10.4 Å². The summed E-state index contributed by atoms with van der Waals surface area (Å²) in [5, 5.41) is 12.5. The molecule has 1 aliphatic carbocycles. The van der Waals surface area contributed by atoms with Crippen LogP contribution in [0.3, 0.4) is 0 Å². The van der Waals surface area contributed by atoms with E-state index in [0.29, 0.717) is 19.4 Å². The van der Waals surface area contributed by atoms with Crippen LogP contribution in [0.25, 0.3) is 0 Å². The molecule has 0 spiro atoms. The maximum atomic E-state index is 11.6. The number of rotatable bonds is 6. The van der Waals surface area contributed by atoms with Crippen LogP contribution in [-0.2, 0) is 14.8 Å². The van der Waals surface area contributed by atoms with Gasteiger partial charge in [0.25, 0.3) is 0 Å². The third kappa shape index (κ3) is 3.36. The molecule has 1 aromatic rings. The smallest absolute Gasteiger partial charge is 0.311 e. The Morgan fingerprint density at radius 3 is 2.29 bits per heavy atom. The van der Waals surface area contributed by atoms with Gasteiger partial charge in [-0.1, -0.05) is 12.8 Å². The Balaban J connectivity index is 2.06. The van der Waals surface area contributed by atoms with Crippen LogP contribution in [0.1, 0.15) is 25.7 Å². The van der Waals surface area contributed by atoms with Crippen molar-refractivity contribution in [2.45, 2.75) is 30.6 Å². The molecule has 0 aliphatic heterocycles. The highest BCUT2D eigenvalue weighted by Crippen LogP contribution is 2.38. The molecule has 1 aliphatic rings. The maximum Gasteiger partial charge on any atom is 0.311 e. The number of hydrogen-bond donors (Lipinski definition) is 3. The SMILES string of the molecule is CNS(=O)(=O)c1ccc(NCC2(C(=O)O)CCCC2)cc1. The zero-order valence-corrected chi connectivity index (χ0v) is 12.7. The van der Waals surface area contributed by atoms with E-state index in [1.54, 1.807) is 12.1 Å². The van der Waals surface area contributed by atoms with Crippen molar-refractivity contribution >= 4 is 21.7 Å². The molecule has 21 heavy (non-hydrogen) atoms. The summed E-state index contributed by atoms with van der Waals surface area (Å²) in [6, 6.07) is 6.29. The zero-order chi connectivity index (χ0) is 15.5. The van der Waals surface area contributed by atoms with E-state index in [4.69, 9.17) is 0 Å². The van der Waals surface area contributed by atoms with Crippen LogP contribution >= 0.6 is 0 Å². The molecular formula is C14H20N2O4S. The van der Waals surface area contributed by atoms with Gasteiger partial charge in [-0.25, -0.2) is 13.1 Å². The average molecular weight is 312 g/mol. The van der Waals surface area contributed by atoms with E-state index in [0.717, 1.165) is 18.5 Å². The molecule has 1 saturated carbocycles. The molecule has 3 N–H and O–H groups in total. The standard InChI is InChI=1S/C14H20N2O4S/c1-15-21(19,20)12-6-4-11(5-7-12)16-10-14(13(17)18)8-2-3-9-14/h4-7,15-16H,2-3,8-10H2,1H3,(H,17,18). The second-order valence-electron chi connectivity index (χ2n) is 5.38. The van der Waals surface area contributed by atoms with Crippen LogP contribution in [0.15, 0.2) is 29.2 Å². The number of carboxylic acids is 1. The molecule has 0 unspecified atom stereocenters. The Morgan fingerprint density at radius 2 is 1.81 bits per heavy atom. The van der Waals surface area contributed by atoms with Crippen LogP contribution in [0, 0.1) is 5.41 Å². The van der Waals surface area contributed by atoms with Crippen molar-refractivity contribution in [3.63, 3.8) is 0 Å². The van der Waals surface area contributed by atoms with Crippen LogP contribution in [0.4, 0.5) is 5.69 Å². The quantitative estimate of drug-likeness (QED) is 0.742. The van der Waals surface area contributed by atoms with E-state index in [-0.39, 0.29) is 4.90 Å². The molecule has 0 atom stereocenters. The van der Waals surface area contributed by atoms with Gasteiger partial charge in [0, 0.05) is 12.2 Å². The Kier molecular flexibility index (Phi) is 4.53. The third-order valence-electron chi connectivity index (χ3n) is 4.08. The van der Waals surface area contributed by atoms with Crippen molar-refractivity contribution in [2.75, 3.05) is 18.9 Å². The summed E-state index contributed by atoms with van der Waals surface area (Å²) in [6.45, 7) is 0.362. The maximum absolute atomic E-state index is 11.6. The lowest BCUT2D eigenvalue weighted by Gasteiger charge is -2.24. The largest absolute Gasteiger partial charge is 0.481 e. The van der Waals surface area contributed by atoms with Gasteiger partial charge >= 0.3 is 5.97 Å². The molecule has 6 nitrogen and oxygen atoms in total. The summed E-state index contributed by atoms with van der Waals surface area (Å²) >= 11 is 0. The molecule has 116 valence electrons. The summed E-state index contributed by atoms with van der Waals surface area (Å²) in [5.41, 5.74) is 0.0213. The zero-order valence-electron chi connectivity index (χ0n) is 11.9. The minimum atomic E-state index is -3.44. The van der Waals surface area contributed by atoms with E-state index in [9.17, 15) is 18.3 Å². The summed E-state index contributed by atoms with van der Waals surface area (Å²) in [6.07, 6.45) is 3.24. The Hall–Kier alpha value is -1.60. The van der Waals surface area contributed by atoms with Gasteiger partial charge in [0.1, 0.15) is 0 Å². The van der Waals surface area contributed by atoms with Gasteiger partial charge in [0.15, 0.2) is 0 Å². The van der Waals surface area contributed by atoms with E-state index in [1.165, 1.54) is 19.2 Å². The lowest BCUT2D eigenvalue weighted by Crippen LogP contribution is -2.35. The first-order valence-corrected chi connectivity index (χ1v) is 8.39. The van der Waals surface area contributed by atoms with Crippen molar-refractivity contribution in [2.24, 2.45) is 5.41 Å². The van der Waals surface area contributed by atoms with Crippen molar-refractivity contribution < 1.29 is 18.3 Å². The minimum Gasteiger partial charge on any atom is -0.481 e. The fraction of sp³-hybridized carbons (Fsp3) is 0.500. The number of carboxylic acid groups (broad SMARTS) is 1. The van der Waals surface area contributed by atoms with E-state index in [1.807, 2.05) is 0 Å². The first-order valence-electron chi connectivity index (χ1n) is 6.90. The number of benzene rings is 1. The summed E-state index contributed by atoms with van der Waals surface area (Å²) < 4.78 is 25.5. The van der Waals surface area contributed by atoms with Gasteiger partial charge in [0.2, 0.25) is 10.0 Å². The molecule has 7 heteroatoms. The van der Waals surface area contributed by atoms with E-state index >= 15 is 0 Å². The Morgan fingerprint density at radius 1 is 1.24 bits per heavy atom. The lowest BCUT2D eigenvalue weighted by molar-refractivity contribution is -0.147. The van der Waals surface area contributed by atoms with E-state index < -0.39 is 21.4 Å². The highest BCUT2D eigenvalue weighted by Gasteiger charge is 2.40. The van der Waals surface area contributed by atoms with Crippen LogP contribution < -0.4 is 10.0 Å². The van der Waals surface area contributed by atoms with Gasteiger partial charge in [-0.3, -0.25) is 4.79 Å². The summed E-state index contributed by atoms with van der Waals surface area (Å²) in [4.78, 5) is 11.6. The summed E-state index contributed by atoms with van der Waals surface area (Å²) in [7, 11) is -2.08. The highest BCUT2D eigenvalue weighted by atomic mass is 32.2. The van der Waals surface area contributed by atoms with Crippen molar-refractivity contribution in [1.29, 1.82) is 0 Å². The second-order valence-corrected chi connectivity index (χ2v) is 7.26. The lowest BCUT2D eigenvalue weighted by atomic mass is 9.86. The van der Waals surface area contributed by atoms with Gasteiger partial charge in [-0.05, 0) is 44.2 Å². The predicted octanol–water partition coefficient (Wildman–Crippen LogP) is 1.65. The van der Waals surface area contributed by atoms with E-state index in [2.05, 4.69) is 10.0 Å². The van der Waals surface area contributed by atoms with Crippen LogP contribution in [0.5, 0.6) is 0 Å². The number of nitrogens with one attached hydrogen (secondary N) is 2. The Bertz CT molecular complexity index is 604. The number of aliphatic carboxylic acids is 1. The van der Waals surface area contributed by atoms with Crippen molar-refractivity contribution in [3.8, 4) is 0 Å². The van der Waals surface area contributed by atoms with Crippen molar-refractivity contribution in [1.82, 2.24) is 4.72 Å². The summed E-state index contributed by atoms with van der Waals surface area (Å²) in [5.74, 6) is -0.762. The first kappa shape index (κ1) is 15.8. The monoisotopic (exact) mass is 312 g/mol. The molecule has 2 rings (SSSR count). The minimum absolute atomic E-state index is 0.185. The van der Waals surface area contributed by atoms with Gasteiger partial charge in [-0.2, -0.15) is 0 Å². The molecular weight excluding hydrogens is 292 g/mol. The molecule has 1 aromatic carbocycles. The molecule has 0 amide bonds. The Labute approximate surface area is 124 Å². The van der Waals surface area contributed by atoms with Gasteiger partial charge in [0.05, 0.1) is 10.3 Å². The number of carbonyl (C=O) groups is 1. The third-order valence-corrected chi connectivity index (χ3v) is 5.51. The number of sulfonamides is 1. The average Bonchev–Trinajstić information content (AvgIpc) is 2.96. The second kappa shape index (κ2) is 6.03. The molecule has 0 aromatic heterocycles. The fourth-order valence-electron chi connectivity index (χ4n) is 2.66.